The molecule has 0 aliphatic rings. The van der Waals surface area contributed by atoms with Crippen LogP contribution in [0.4, 0.5) is 17.6 Å². The van der Waals surface area contributed by atoms with E-state index in [0.717, 1.165) is 0 Å². The molecule has 0 aliphatic heterocycles. The lowest BCUT2D eigenvalue weighted by atomic mass is 10.4. The van der Waals surface area contributed by atoms with Crippen molar-refractivity contribution in [2.75, 3.05) is 0 Å². The van der Waals surface area contributed by atoms with Crippen molar-refractivity contribution in [3.63, 3.8) is 0 Å². The van der Waals surface area contributed by atoms with Crippen LogP contribution in [0.3, 0.4) is 0 Å². The van der Waals surface area contributed by atoms with Crippen molar-refractivity contribution in [2.45, 2.75) is 12.9 Å². The first-order chi connectivity index (χ1) is 5.05. The van der Waals surface area contributed by atoms with E-state index in [9.17, 15) is 17.6 Å². The average molecular weight is 186 g/mol. The average Bonchev–Trinajstić information content (AvgIpc) is 2.31. The highest BCUT2D eigenvalue weighted by Crippen LogP contribution is 2.31. The largest absolute Gasteiger partial charge is 0.436 e. The summed E-state index contributed by atoms with van der Waals surface area (Å²) in [7, 11) is 0. The van der Waals surface area contributed by atoms with Gasteiger partial charge in [-0.1, -0.05) is 4.49 Å². The van der Waals surface area contributed by atoms with Crippen LogP contribution in [0.5, 0.6) is 0 Å². The molecule has 0 N–H and O–H groups in total. The minimum atomic E-state index is -4.59. The van der Waals surface area contributed by atoms with Crippen molar-refractivity contribution in [1.29, 1.82) is 0 Å². The van der Waals surface area contributed by atoms with Crippen LogP contribution < -0.4 is 0 Å². The standard InChI is InChI=1S/C4H2F4N2S/c5-1-2-3(4(6,7)8)9-10-11-2/h1H2. The molecule has 62 valence electrons. The molecule has 1 heterocycles. The second-order valence-electron chi connectivity index (χ2n) is 1.68. The third-order valence-corrected chi connectivity index (χ3v) is 1.63. The number of halogens is 4. The molecule has 0 saturated carbocycles. The molecule has 11 heavy (non-hydrogen) atoms. The maximum absolute atomic E-state index is 11.8. The van der Waals surface area contributed by atoms with E-state index in [1.807, 2.05) is 0 Å². The Morgan fingerprint density at radius 1 is 1.36 bits per heavy atom. The third kappa shape index (κ3) is 1.65. The summed E-state index contributed by atoms with van der Waals surface area (Å²) in [5.74, 6) is 0. The van der Waals surface area contributed by atoms with Gasteiger partial charge in [-0.3, -0.25) is 0 Å². The summed E-state index contributed by atoms with van der Waals surface area (Å²) in [6, 6.07) is 0. The molecule has 0 spiro atoms. The summed E-state index contributed by atoms with van der Waals surface area (Å²) in [5, 5.41) is 2.76. The van der Waals surface area contributed by atoms with Gasteiger partial charge < -0.3 is 0 Å². The summed E-state index contributed by atoms with van der Waals surface area (Å²) in [6.45, 7) is -1.17. The molecule has 0 saturated heterocycles. The Balaban J connectivity index is 3.02. The van der Waals surface area contributed by atoms with Gasteiger partial charge in [-0.05, 0) is 11.5 Å². The topological polar surface area (TPSA) is 25.8 Å². The van der Waals surface area contributed by atoms with Crippen molar-refractivity contribution in [1.82, 2.24) is 9.59 Å². The first-order valence-electron chi connectivity index (χ1n) is 2.50. The van der Waals surface area contributed by atoms with E-state index >= 15 is 0 Å². The molecule has 0 aliphatic carbocycles. The fourth-order valence-electron chi connectivity index (χ4n) is 0.512. The molecule has 0 amide bonds. The second-order valence-corrected chi connectivity index (χ2v) is 2.51. The van der Waals surface area contributed by atoms with Gasteiger partial charge in [0.2, 0.25) is 0 Å². The molecule has 1 aromatic heterocycles. The molecule has 0 unspecified atom stereocenters. The van der Waals surface area contributed by atoms with E-state index in [4.69, 9.17) is 0 Å². The Morgan fingerprint density at radius 3 is 2.36 bits per heavy atom. The molecular formula is C4H2F4N2S. The van der Waals surface area contributed by atoms with Crippen molar-refractivity contribution in [2.24, 2.45) is 0 Å². The number of hydrogen-bond acceptors (Lipinski definition) is 3. The minimum Gasteiger partial charge on any atom is -0.245 e. The highest BCUT2D eigenvalue weighted by Gasteiger charge is 2.37. The summed E-state index contributed by atoms with van der Waals surface area (Å²) >= 11 is 0.420. The maximum Gasteiger partial charge on any atom is 0.436 e. The van der Waals surface area contributed by atoms with Crippen LogP contribution in [0.1, 0.15) is 10.6 Å². The van der Waals surface area contributed by atoms with Crippen molar-refractivity contribution < 1.29 is 17.6 Å². The van der Waals surface area contributed by atoms with Crippen LogP contribution in [0.25, 0.3) is 0 Å². The molecule has 0 atom stereocenters. The normalized spacial score (nSPS) is 12.0. The zero-order valence-corrected chi connectivity index (χ0v) is 5.84. The highest BCUT2D eigenvalue weighted by atomic mass is 32.1. The van der Waals surface area contributed by atoms with Crippen LogP contribution in [0.15, 0.2) is 0 Å². The summed E-state index contributed by atoms with van der Waals surface area (Å²) < 4.78 is 50.2. The molecule has 0 bridgehead atoms. The Hall–Kier alpha value is -0.720. The van der Waals surface area contributed by atoms with Crippen LogP contribution >= 0.6 is 11.5 Å². The third-order valence-electron chi connectivity index (χ3n) is 0.946. The zero-order chi connectivity index (χ0) is 8.48. The fourth-order valence-corrected chi connectivity index (χ4v) is 1.02. The SMILES string of the molecule is FCc1snnc1C(F)(F)F. The van der Waals surface area contributed by atoms with Crippen LogP contribution in [-0.2, 0) is 12.9 Å². The number of nitrogens with zero attached hydrogens (tertiary/aromatic N) is 2. The lowest BCUT2D eigenvalue weighted by Crippen LogP contribution is -2.07. The predicted molar refractivity (Wildman–Crippen MR) is 29.7 cm³/mol. The second kappa shape index (κ2) is 2.72. The zero-order valence-electron chi connectivity index (χ0n) is 5.02. The van der Waals surface area contributed by atoms with E-state index in [1.165, 1.54) is 0 Å². The highest BCUT2D eigenvalue weighted by molar-refractivity contribution is 7.05. The van der Waals surface area contributed by atoms with E-state index in [-0.39, 0.29) is 0 Å². The van der Waals surface area contributed by atoms with Crippen LogP contribution in [0, 0.1) is 0 Å². The van der Waals surface area contributed by atoms with Crippen LogP contribution in [-0.4, -0.2) is 9.59 Å². The van der Waals surface area contributed by atoms with Gasteiger partial charge in [-0.25, -0.2) is 4.39 Å². The molecule has 0 radical (unpaired) electrons. The van der Waals surface area contributed by atoms with Gasteiger partial charge in [0.25, 0.3) is 0 Å². The Bertz CT molecular complexity index is 242. The van der Waals surface area contributed by atoms with Crippen molar-refractivity contribution in [3.8, 4) is 0 Å². The lowest BCUT2D eigenvalue weighted by molar-refractivity contribution is -0.141. The Labute approximate surface area is 63.0 Å². The van der Waals surface area contributed by atoms with Gasteiger partial charge >= 0.3 is 6.18 Å². The Morgan fingerprint density at radius 2 is 2.00 bits per heavy atom. The van der Waals surface area contributed by atoms with Gasteiger partial charge in [0.05, 0.1) is 4.88 Å². The lowest BCUT2D eigenvalue weighted by Gasteiger charge is -2.00. The predicted octanol–water partition coefficient (Wildman–Crippen LogP) is 2.03. The Kier molecular flexibility index (Phi) is 2.08. The van der Waals surface area contributed by atoms with Gasteiger partial charge in [0.1, 0.15) is 6.67 Å². The molecule has 2 nitrogen and oxygen atoms in total. The molecular weight excluding hydrogens is 184 g/mol. The number of alkyl halides is 4. The number of rotatable bonds is 1. The van der Waals surface area contributed by atoms with E-state index in [1.54, 1.807) is 0 Å². The summed E-state index contributed by atoms with van der Waals surface area (Å²) in [6.07, 6.45) is -4.59. The van der Waals surface area contributed by atoms with E-state index in [0.29, 0.717) is 11.5 Å². The number of aromatic nitrogens is 2. The molecule has 0 aromatic carbocycles. The maximum atomic E-state index is 11.8. The number of hydrogen-bond donors (Lipinski definition) is 0. The first kappa shape index (κ1) is 8.38. The quantitative estimate of drug-likeness (QED) is 0.627. The minimum absolute atomic E-state index is 0.420. The van der Waals surface area contributed by atoms with E-state index in [2.05, 4.69) is 9.59 Å². The van der Waals surface area contributed by atoms with Gasteiger partial charge in [0, 0.05) is 0 Å². The van der Waals surface area contributed by atoms with Crippen LogP contribution in [0.2, 0.25) is 0 Å². The summed E-state index contributed by atoms with van der Waals surface area (Å²) in [4.78, 5) is -0.475. The molecule has 1 rings (SSSR count). The summed E-state index contributed by atoms with van der Waals surface area (Å²) in [5.41, 5.74) is -1.22. The first-order valence-corrected chi connectivity index (χ1v) is 3.27. The molecule has 7 heteroatoms. The fraction of sp³-hybridized carbons (Fsp3) is 0.500. The van der Waals surface area contributed by atoms with Crippen molar-refractivity contribution >= 4 is 11.5 Å². The molecule has 0 fully saturated rings. The van der Waals surface area contributed by atoms with Gasteiger partial charge in [-0.2, -0.15) is 13.2 Å². The van der Waals surface area contributed by atoms with Gasteiger partial charge in [-0.15, -0.1) is 5.10 Å². The molecule has 1 aromatic rings. The monoisotopic (exact) mass is 186 g/mol. The van der Waals surface area contributed by atoms with Gasteiger partial charge in [0.15, 0.2) is 5.69 Å². The smallest absolute Gasteiger partial charge is 0.245 e. The van der Waals surface area contributed by atoms with E-state index < -0.39 is 23.4 Å². The van der Waals surface area contributed by atoms with Crippen molar-refractivity contribution in [3.05, 3.63) is 10.6 Å².